The van der Waals surface area contributed by atoms with Crippen molar-refractivity contribution in [1.29, 1.82) is 0 Å². The van der Waals surface area contributed by atoms with E-state index < -0.39 is 5.60 Å². The molecule has 1 amide bonds. The molecule has 0 aliphatic carbocycles. The number of aliphatic hydroxyl groups excluding tert-OH is 1. The van der Waals surface area contributed by atoms with Gasteiger partial charge in [-0.05, 0) is 40.0 Å². The normalized spacial score (nSPS) is 16.7. The third kappa shape index (κ3) is 4.70. The van der Waals surface area contributed by atoms with E-state index in [2.05, 4.69) is 11.5 Å². The molecule has 1 fully saturated rings. The highest BCUT2D eigenvalue weighted by Gasteiger charge is 2.29. The lowest BCUT2D eigenvalue weighted by atomic mass is 9.96. The van der Waals surface area contributed by atoms with E-state index in [0.717, 1.165) is 30.8 Å². The van der Waals surface area contributed by atoms with Crippen molar-refractivity contribution in [3.05, 3.63) is 17.7 Å². The molecule has 23 heavy (non-hydrogen) atoms. The zero-order valence-electron chi connectivity index (χ0n) is 14.7. The van der Waals surface area contributed by atoms with E-state index in [0.29, 0.717) is 25.6 Å². The number of rotatable bonds is 4. The van der Waals surface area contributed by atoms with Crippen molar-refractivity contribution in [3.8, 4) is 0 Å². The highest BCUT2D eigenvalue weighted by molar-refractivity contribution is 5.68. The Balaban J connectivity index is 1.99. The quantitative estimate of drug-likeness (QED) is 0.924. The van der Waals surface area contributed by atoms with Crippen LogP contribution in [0.2, 0.25) is 0 Å². The number of hydrogen-bond donors (Lipinski definition) is 1. The Labute approximate surface area is 138 Å². The molecular weight excluding hydrogens is 294 g/mol. The number of amides is 1. The van der Waals surface area contributed by atoms with Crippen LogP contribution in [0, 0.1) is 0 Å². The van der Waals surface area contributed by atoms with Gasteiger partial charge in [0.2, 0.25) is 0 Å². The summed E-state index contributed by atoms with van der Waals surface area (Å²) in [5, 5.41) is 9.23. The number of likely N-dealkylation sites (tertiary alicyclic amines) is 1. The van der Waals surface area contributed by atoms with E-state index in [4.69, 9.17) is 9.72 Å². The van der Waals surface area contributed by atoms with E-state index in [-0.39, 0.29) is 12.7 Å². The van der Waals surface area contributed by atoms with Crippen molar-refractivity contribution < 1.29 is 14.6 Å². The predicted molar refractivity (Wildman–Crippen MR) is 88.5 cm³/mol. The van der Waals surface area contributed by atoms with Gasteiger partial charge in [0.05, 0.1) is 12.3 Å². The average Bonchev–Trinajstić information content (AvgIpc) is 2.89. The van der Waals surface area contributed by atoms with Gasteiger partial charge < -0.3 is 19.3 Å². The molecule has 1 aliphatic rings. The molecule has 6 nitrogen and oxygen atoms in total. The molecule has 0 spiro atoms. The van der Waals surface area contributed by atoms with Crippen LogP contribution in [0.5, 0.6) is 0 Å². The predicted octanol–water partition coefficient (Wildman–Crippen LogP) is 2.55. The number of nitrogens with zero attached hydrogens (tertiary/aromatic N) is 3. The van der Waals surface area contributed by atoms with E-state index in [1.165, 1.54) is 0 Å². The number of aryl methyl sites for hydroxylation is 1. The number of aliphatic hydroxyl groups is 1. The van der Waals surface area contributed by atoms with Crippen LogP contribution in [0.25, 0.3) is 0 Å². The highest BCUT2D eigenvalue weighted by atomic mass is 16.6. The second kappa shape index (κ2) is 7.34. The molecular formula is C17H29N3O3. The van der Waals surface area contributed by atoms with Crippen molar-refractivity contribution in [2.45, 2.75) is 65.0 Å². The second-order valence-corrected chi connectivity index (χ2v) is 7.10. The smallest absolute Gasteiger partial charge is 0.410 e. The maximum Gasteiger partial charge on any atom is 0.410 e. The molecule has 0 saturated carbocycles. The Kier molecular flexibility index (Phi) is 5.68. The van der Waals surface area contributed by atoms with Crippen LogP contribution in [-0.4, -0.2) is 50.9 Å². The summed E-state index contributed by atoms with van der Waals surface area (Å²) < 4.78 is 7.50. The fourth-order valence-electron chi connectivity index (χ4n) is 2.92. The zero-order chi connectivity index (χ0) is 17.0. The first-order chi connectivity index (χ1) is 10.8. The second-order valence-electron chi connectivity index (χ2n) is 7.10. The van der Waals surface area contributed by atoms with Crippen molar-refractivity contribution >= 4 is 6.09 Å². The number of hydrogen-bond acceptors (Lipinski definition) is 4. The fraction of sp³-hybridized carbons (Fsp3) is 0.765. The van der Waals surface area contributed by atoms with Gasteiger partial charge in [-0.2, -0.15) is 0 Å². The van der Waals surface area contributed by atoms with Crippen LogP contribution < -0.4 is 0 Å². The van der Waals surface area contributed by atoms with Crippen molar-refractivity contribution in [1.82, 2.24) is 14.5 Å². The molecule has 0 bridgehead atoms. The number of piperidine rings is 1. The van der Waals surface area contributed by atoms with Gasteiger partial charge >= 0.3 is 6.09 Å². The average molecular weight is 323 g/mol. The minimum Gasteiger partial charge on any atom is -0.444 e. The number of aromatic nitrogens is 2. The van der Waals surface area contributed by atoms with Crippen LogP contribution in [0.3, 0.4) is 0 Å². The van der Waals surface area contributed by atoms with E-state index in [9.17, 15) is 9.90 Å². The molecule has 2 heterocycles. The number of ether oxygens (including phenoxy) is 1. The van der Waals surface area contributed by atoms with Gasteiger partial charge in [0.25, 0.3) is 0 Å². The molecule has 0 atom stereocenters. The first-order valence-electron chi connectivity index (χ1n) is 8.48. The summed E-state index contributed by atoms with van der Waals surface area (Å²) in [7, 11) is 0. The number of imidazole rings is 1. The van der Waals surface area contributed by atoms with E-state index in [1.54, 1.807) is 4.90 Å². The maximum absolute atomic E-state index is 12.1. The molecule has 0 radical (unpaired) electrons. The summed E-state index contributed by atoms with van der Waals surface area (Å²) in [6.07, 6.45) is 4.45. The summed E-state index contributed by atoms with van der Waals surface area (Å²) in [4.78, 5) is 18.6. The molecule has 1 aromatic rings. The third-order valence-corrected chi connectivity index (χ3v) is 4.07. The number of carbonyl (C=O) groups excluding carboxylic acids is 1. The minimum atomic E-state index is -0.457. The fourth-order valence-corrected chi connectivity index (χ4v) is 2.92. The molecule has 1 aromatic heterocycles. The van der Waals surface area contributed by atoms with Gasteiger partial charge in [0.1, 0.15) is 11.4 Å². The van der Waals surface area contributed by atoms with Gasteiger partial charge in [0, 0.05) is 31.7 Å². The van der Waals surface area contributed by atoms with Crippen LogP contribution in [0.15, 0.2) is 6.20 Å². The lowest BCUT2D eigenvalue weighted by Crippen LogP contribution is -2.41. The van der Waals surface area contributed by atoms with Crippen molar-refractivity contribution in [3.63, 3.8) is 0 Å². The van der Waals surface area contributed by atoms with Gasteiger partial charge in [-0.1, -0.05) is 6.92 Å². The highest BCUT2D eigenvalue weighted by Crippen LogP contribution is 2.28. The molecule has 130 valence electrons. The van der Waals surface area contributed by atoms with Gasteiger partial charge in [-0.3, -0.25) is 0 Å². The Morgan fingerprint density at radius 3 is 2.57 bits per heavy atom. The monoisotopic (exact) mass is 323 g/mol. The van der Waals surface area contributed by atoms with Gasteiger partial charge in [0.15, 0.2) is 0 Å². The third-order valence-electron chi connectivity index (χ3n) is 4.07. The van der Waals surface area contributed by atoms with Gasteiger partial charge in [-0.25, -0.2) is 9.78 Å². The standard InChI is InChI=1S/C17H29N3O3/c1-5-14-12-20(10-11-21)15(18-14)13-6-8-19(9-7-13)16(22)23-17(2,3)4/h12-13,21H,5-11H2,1-4H3. The summed E-state index contributed by atoms with van der Waals surface area (Å²) in [6.45, 7) is 9.80. The molecule has 1 saturated heterocycles. The lowest BCUT2D eigenvalue weighted by molar-refractivity contribution is 0.0202. The Morgan fingerprint density at radius 2 is 2.04 bits per heavy atom. The first kappa shape index (κ1) is 17.8. The van der Waals surface area contributed by atoms with Crippen LogP contribution in [0.4, 0.5) is 4.79 Å². The van der Waals surface area contributed by atoms with E-state index >= 15 is 0 Å². The molecule has 2 rings (SSSR count). The first-order valence-corrected chi connectivity index (χ1v) is 8.48. The molecule has 0 unspecified atom stereocenters. The van der Waals surface area contributed by atoms with Crippen LogP contribution >= 0.6 is 0 Å². The molecule has 0 aromatic carbocycles. The maximum atomic E-state index is 12.1. The van der Waals surface area contributed by atoms with Crippen LogP contribution in [0.1, 0.15) is 58.0 Å². The summed E-state index contributed by atoms with van der Waals surface area (Å²) in [5.41, 5.74) is 0.601. The Morgan fingerprint density at radius 1 is 1.39 bits per heavy atom. The van der Waals surface area contributed by atoms with Crippen molar-refractivity contribution in [2.24, 2.45) is 0 Å². The zero-order valence-corrected chi connectivity index (χ0v) is 14.7. The Hall–Kier alpha value is -1.56. The summed E-state index contributed by atoms with van der Waals surface area (Å²) in [5.74, 6) is 1.38. The molecule has 6 heteroatoms. The minimum absolute atomic E-state index is 0.114. The van der Waals surface area contributed by atoms with Gasteiger partial charge in [-0.15, -0.1) is 0 Å². The SMILES string of the molecule is CCc1cn(CCO)c(C2CCN(C(=O)OC(C)(C)C)CC2)n1. The van der Waals surface area contributed by atoms with Crippen LogP contribution in [-0.2, 0) is 17.7 Å². The van der Waals surface area contributed by atoms with E-state index in [1.807, 2.05) is 27.0 Å². The summed E-state index contributed by atoms with van der Waals surface area (Å²) >= 11 is 0. The Bertz CT molecular complexity index is 526. The van der Waals surface area contributed by atoms with Crippen molar-refractivity contribution in [2.75, 3.05) is 19.7 Å². The molecule has 1 N–H and O–H groups in total. The lowest BCUT2D eigenvalue weighted by Gasteiger charge is -2.33. The topological polar surface area (TPSA) is 67.6 Å². The largest absolute Gasteiger partial charge is 0.444 e. The summed E-state index contributed by atoms with van der Waals surface area (Å²) in [6, 6.07) is 0. The molecule has 1 aliphatic heterocycles. The number of carbonyl (C=O) groups is 1.